The maximum Gasteiger partial charge on any atom is 0.254 e. The molecule has 0 saturated carbocycles. The molecule has 1 aliphatic rings. The van der Waals surface area contributed by atoms with Gasteiger partial charge in [-0.2, -0.15) is 10.4 Å². The first kappa shape index (κ1) is 23.4. The third-order valence-corrected chi connectivity index (χ3v) is 6.50. The van der Waals surface area contributed by atoms with Crippen LogP contribution in [0, 0.1) is 30.0 Å². The second kappa shape index (κ2) is 10.1. The first-order valence-corrected chi connectivity index (χ1v) is 11.3. The van der Waals surface area contributed by atoms with Crippen molar-refractivity contribution in [2.45, 2.75) is 32.2 Å². The first-order valence-electron chi connectivity index (χ1n) is 10.9. The Hall–Kier alpha value is -3.71. The van der Waals surface area contributed by atoms with Crippen LogP contribution in [0.4, 0.5) is 21.7 Å². The summed E-state index contributed by atoms with van der Waals surface area (Å²) in [5.74, 6) is 0.235. The fraction of sp³-hybridized carbons (Fsp3) is 0.348. The van der Waals surface area contributed by atoms with Crippen LogP contribution in [0.15, 0.2) is 36.8 Å². The average Bonchev–Trinajstić information content (AvgIpc) is 3.25. The number of nitrogens with zero attached hydrogens (tertiary/aromatic N) is 6. The highest BCUT2D eigenvalue weighted by Crippen LogP contribution is 2.34. The Kier molecular flexibility index (Phi) is 6.93. The van der Waals surface area contributed by atoms with Crippen LogP contribution in [0.5, 0.6) is 0 Å². The molecular weight excluding hydrogens is 459 g/mol. The number of primary amides is 1. The van der Waals surface area contributed by atoms with E-state index >= 15 is 0 Å². The van der Waals surface area contributed by atoms with Crippen molar-refractivity contribution in [3.05, 3.63) is 58.9 Å². The van der Waals surface area contributed by atoms with Crippen molar-refractivity contribution in [2.75, 3.05) is 23.3 Å². The molecule has 0 unspecified atom stereocenters. The predicted molar refractivity (Wildman–Crippen MR) is 126 cm³/mol. The number of anilines is 3. The number of halogens is 2. The zero-order valence-corrected chi connectivity index (χ0v) is 19.3. The molecule has 9 nitrogen and oxygen atoms in total. The van der Waals surface area contributed by atoms with Crippen LogP contribution in [-0.2, 0) is 0 Å². The molecule has 176 valence electrons. The number of nitrogens with two attached hydrogens (primary N) is 1. The molecule has 0 radical (unpaired) electrons. The molecule has 3 heterocycles. The summed E-state index contributed by atoms with van der Waals surface area (Å²) in [5, 5.41) is 17.5. The largest absolute Gasteiger partial charge is 0.365 e. The van der Waals surface area contributed by atoms with Gasteiger partial charge in [-0.1, -0.05) is 11.6 Å². The van der Waals surface area contributed by atoms with E-state index in [-0.39, 0.29) is 35.6 Å². The number of hydrogen-bond acceptors (Lipinski definition) is 7. The molecule has 1 aromatic carbocycles. The van der Waals surface area contributed by atoms with E-state index in [2.05, 4.69) is 31.4 Å². The second-order valence-corrected chi connectivity index (χ2v) is 8.59. The van der Waals surface area contributed by atoms with Gasteiger partial charge in [0.15, 0.2) is 5.82 Å². The normalized spacial score (nSPS) is 15.1. The molecule has 1 saturated heterocycles. The lowest BCUT2D eigenvalue weighted by Crippen LogP contribution is -2.37. The molecule has 4 rings (SSSR count). The van der Waals surface area contributed by atoms with Crippen molar-refractivity contribution in [2.24, 2.45) is 11.7 Å². The number of piperidine rings is 1. The number of carbonyl (C=O) groups excluding carboxylic acids is 1. The Morgan fingerprint density at radius 3 is 2.68 bits per heavy atom. The zero-order valence-electron chi connectivity index (χ0n) is 18.6. The van der Waals surface area contributed by atoms with Crippen LogP contribution in [0.2, 0.25) is 5.15 Å². The maximum atomic E-state index is 13.2. The lowest BCUT2D eigenvalue weighted by Gasteiger charge is -2.36. The lowest BCUT2D eigenvalue weighted by atomic mass is 9.88. The fourth-order valence-corrected chi connectivity index (χ4v) is 4.44. The molecular formula is C23H24ClFN8O. The van der Waals surface area contributed by atoms with E-state index in [1.54, 1.807) is 23.0 Å². The minimum absolute atomic E-state index is 0.160. The third-order valence-electron chi connectivity index (χ3n) is 6.12. The third kappa shape index (κ3) is 4.94. The van der Waals surface area contributed by atoms with Crippen LogP contribution in [0.1, 0.15) is 41.2 Å². The fourth-order valence-electron chi connectivity index (χ4n) is 4.31. The van der Waals surface area contributed by atoms with Gasteiger partial charge in [0.25, 0.3) is 5.91 Å². The number of carbonyl (C=O) groups is 1. The number of hydrogen-bond donors (Lipinski definition) is 2. The maximum absolute atomic E-state index is 13.2. The molecule has 0 spiro atoms. The number of nitriles is 1. The predicted octanol–water partition coefficient (Wildman–Crippen LogP) is 3.99. The number of benzene rings is 1. The van der Waals surface area contributed by atoms with Crippen molar-refractivity contribution >= 4 is 34.8 Å². The molecule has 11 heteroatoms. The van der Waals surface area contributed by atoms with Crippen LogP contribution in [-0.4, -0.2) is 38.7 Å². The quantitative estimate of drug-likeness (QED) is 0.487. The Labute approximate surface area is 201 Å². The van der Waals surface area contributed by atoms with Crippen LogP contribution in [0.3, 0.4) is 0 Å². The number of rotatable bonds is 7. The molecule has 3 N–H and O–H groups in total. The molecule has 1 aliphatic heterocycles. The molecule has 34 heavy (non-hydrogen) atoms. The minimum Gasteiger partial charge on any atom is -0.365 e. The van der Waals surface area contributed by atoms with E-state index < -0.39 is 5.91 Å². The summed E-state index contributed by atoms with van der Waals surface area (Å²) in [6.45, 7) is 3.38. The molecule has 1 fully saturated rings. The van der Waals surface area contributed by atoms with Crippen LogP contribution >= 0.6 is 11.6 Å². The Balaban J connectivity index is 1.54. The molecule has 0 bridgehead atoms. The van der Waals surface area contributed by atoms with Gasteiger partial charge in [-0.25, -0.2) is 14.4 Å². The van der Waals surface area contributed by atoms with Gasteiger partial charge in [0.1, 0.15) is 28.7 Å². The summed E-state index contributed by atoms with van der Waals surface area (Å²) in [6.07, 6.45) is 4.88. The summed E-state index contributed by atoms with van der Waals surface area (Å²) in [4.78, 5) is 22.6. The summed E-state index contributed by atoms with van der Waals surface area (Å²) in [6, 6.07) is 7.72. The van der Waals surface area contributed by atoms with Gasteiger partial charge in [-0.15, -0.1) is 0 Å². The van der Waals surface area contributed by atoms with E-state index in [4.69, 9.17) is 17.3 Å². The van der Waals surface area contributed by atoms with Crippen molar-refractivity contribution in [3.8, 4) is 6.07 Å². The molecule has 0 aliphatic carbocycles. The van der Waals surface area contributed by atoms with E-state index in [9.17, 15) is 14.4 Å². The monoisotopic (exact) mass is 482 g/mol. The van der Waals surface area contributed by atoms with Gasteiger partial charge in [0, 0.05) is 30.5 Å². The average molecular weight is 483 g/mol. The van der Waals surface area contributed by atoms with Gasteiger partial charge in [-0.05, 0) is 49.9 Å². The van der Waals surface area contributed by atoms with Gasteiger partial charge < -0.3 is 16.0 Å². The molecule has 1 amide bonds. The first-order chi connectivity index (χ1) is 16.4. The van der Waals surface area contributed by atoms with Crippen molar-refractivity contribution < 1.29 is 9.18 Å². The SMILES string of the molecule is Cc1c(Cl)ncnc1N1CCC([C@H](CC#N)n2cc(C(N)=O)c(Nc3ccc(F)cc3)n2)CC1. The van der Waals surface area contributed by atoms with Crippen LogP contribution in [0.25, 0.3) is 0 Å². The summed E-state index contributed by atoms with van der Waals surface area (Å²) in [5.41, 5.74) is 7.19. The number of nitrogens with one attached hydrogen (secondary N) is 1. The standard InChI is InChI=1S/C23H24ClFN8O/c1-14-20(24)28-13-29-23(14)32-10-7-15(8-11-32)19(6-9-26)33-12-18(21(27)34)22(31-33)30-17-4-2-16(25)3-5-17/h2-5,12-13,15,19H,6-8,10-11H2,1H3,(H2,27,34)(H,30,31)/t19-/m0/s1. The van der Waals surface area contributed by atoms with Crippen molar-refractivity contribution in [3.63, 3.8) is 0 Å². The summed E-state index contributed by atoms with van der Waals surface area (Å²) in [7, 11) is 0. The number of amides is 1. The molecule has 3 aromatic rings. The molecule has 1 atom stereocenters. The van der Waals surface area contributed by atoms with Crippen molar-refractivity contribution in [1.29, 1.82) is 5.26 Å². The highest BCUT2D eigenvalue weighted by Gasteiger charge is 2.31. The Morgan fingerprint density at radius 1 is 1.32 bits per heavy atom. The Morgan fingerprint density at radius 2 is 2.03 bits per heavy atom. The van der Waals surface area contributed by atoms with E-state index in [0.29, 0.717) is 10.8 Å². The number of aromatic nitrogens is 4. The summed E-state index contributed by atoms with van der Waals surface area (Å²) >= 11 is 6.15. The van der Waals surface area contributed by atoms with Crippen LogP contribution < -0.4 is 16.0 Å². The smallest absolute Gasteiger partial charge is 0.254 e. The zero-order chi connectivity index (χ0) is 24.2. The lowest BCUT2D eigenvalue weighted by molar-refractivity contribution is 0.100. The van der Waals surface area contributed by atoms with E-state index in [1.165, 1.54) is 18.5 Å². The second-order valence-electron chi connectivity index (χ2n) is 8.23. The topological polar surface area (TPSA) is 126 Å². The van der Waals surface area contributed by atoms with Gasteiger partial charge in [-0.3, -0.25) is 9.48 Å². The van der Waals surface area contributed by atoms with E-state index in [0.717, 1.165) is 37.3 Å². The molecule has 2 aromatic heterocycles. The highest BCUT2D eigenvalue weighted by atomic mass is 35.5. The minimum atomic E-state index is -0.641. The van der Waals surface area contributed by atoms with Crippen molar-refractivity contribution in [1.82, 2.24) is 19.7 Å². The highest BCUT2D eigenvalue weighted by molar-refractivity contribution is 6.30. The summed E-state index contributed by atoms with van der Waals surface area (Å²) < 4.78 is 14.9. The Bertz CT molecular complexity index is 1210. The van der Waals surface area contributed by atoms with Gasteiger partial charge >= 0.3 is 0 Å². The van der Waals surface area contributed by atoms with Gasteiger partial charge in [0.2, 0.25) is 0 Å². The van der Waals surface area contributed by atoms with Gasteiger partial charge in [0.05, 0.1) is 18.5 Å². The van der Waals surface area contributed by atoms with E-state index in [1.807, 2.05) is 6.92 Å².